The summed E-state index contributed by atoms with van der Waals surface area (Å²) in [5, 5.41) is 1.19. The zero-order valence-electron chi connectivity index (χ0n) is 10.6. The Morgan fingerprint density at radius 2 is 1.83 bits per heavy atom. The van der Waals surface area contributed by atoms with Crippen LogP contribution in [0.1, 0.15) is 0 Å². The minimum absolute atomic E-state index is 0.600. The van der Waals surface area contributed by atoms with Gasteiger partial charge in [-0.2, -0.15) is 0 Å². The fourth-order valence-electron chi connectivity index (χ4n) is 2.49. The molecule has 0 saturated carbocycles. The Bertz CT molecular complexity index is 559. The highest BCUT2D eigenvalue weighted by molar-refractivity contribution is 5.93. The fourth-order valence-corrected chi connectivity index (χ4v) is 2.49. The predicted octanol–water partition coefficient (Wildman–Crippen LogP) is 1.57. The zero-order valence-corrected chi connectivity index (χ0v) is 10.6. The lowest BCUT2D eigenvalue weighted by Crippen LogP contribution is -2.44. The normalized spacial score (nSPS) is 17.3. The molecule has 1 aliphatic heterocycles. The van der Waals surface area contributed by atoms with Crippen molar-refractivity contribution in [1.29, 1.82) is 0 Å². The lowest BCUT2D eigenvalue weighted by molar-refractivity contribution is 0.313. The van der Waals surface area contributed by atoms with Gasteiger partial charge < -0.3 is 15.5 Å². The Morgan fingerprint density at radius 1 is 1.11 bits per heavy atom. The molecule has 4 heteroatoms. The van der Waals surface area contributed by atoms with Crippen LogP contribution in [0.4, 0.5) is 11.5 Å². The molecule has 2 heterocycles. The Labute approximate surface area is 107 Å². The number of rotatable bonds is 1. The number of piperazine rings is 1. The second-order valence-electron chi connectivity index (χ2n) is 4.87. The minimum atomic E-state index is 0.600. The van der Waals surface area contributed by atoms with E-state index in [1.807, 2.05) is 18.2 Å². The number of para-hydroxylation sites is 1. The van der Waals surface area contributed by atoms with E-state index >= 15 is 0 Å². The first-order valence-electron chi connectivity index (χ1n) is 6.33. The molecule has 2 aromatic rings. The number of fused-ring (bicyclic) bond motifs is 1. The average molecular weight is 242 g/mol. The molecule has 1 aromatic carbocycles. The van der Waals surface area contributed by atoms with E-state index in [2.05, 4.69) is 34.0 Å². The summed E-state index contributed by atoms with van der Waals surface area (Å²) in [6, 6.07) is 10.2. The molecule has 18 heavy (non-hydrogen) atoms. The van der Waals surface area contributed by atoms with Crippen molar-refractivity contribution in [3.05, 3.63) is 30.3 Å². The summed E-state index contributed by atoms with van der Waals surface area (Å²) in [7, 11) is 2.16. The van der Waals surface area contributed by atoms with Crippen molar-refractivity contribution in [2.75, 3.05) is 43.9 Å². The van der Waals surface area contributed by atoms with Crippen LogP contribution in [-0.2, 0) is 0 Å². The number of aromatic nitrogens is 1. The van der Waals surface area contributed by atoms with Crippen LogP contribution in [0.5, 0.6) is 0 Å². The molecule has 2 N–H and O–H groups in total. The van der Waals surface area contributed by atoms with E-state index in [1.165, 1.54) is 11.1 Å². The molecule has 0 amide bonds. The smallest absolute Gasteiger partial charge is 0.126 e. The van der Waals surface area contributed by atoms with Gasteiger partial charge in [-0.05, 0) is 13.1 Å². The SMILES string of the molecule is CN1CCN(c2cc(N)nc3ccccc23)CC1. The quantitative estimate of drug-likeness (QED) is 0.824. The molecule has 1 aliphatic rings. The molecule has 4 nitrogen and oxygen atoms in total. The number of pyridine rings is 1. The summed E-state index contributed by atoms with van der Waals surface area (Å²) in [6.07, 6.45) is 0. The monoisotopic (exact) mass is 242 g/mol. The third-order valence-electron chi connectivity index (χ3n) is 3.56. The van der Waals surface area contributed by atoms with Gasteiger partial charge in [0.1, 0.15) is 5.82 Å². The molecule has 94 valence electrons. The van der Waals surface area contributed by atoms with Gasteiger partial charge in [0, 0.05) is 43.3 Å². The predicted molar refractivity (Wildman–Crippen MR) is 75.9 cm³/mol. The maximum Gasteiger partial charge on any atom is 0.126 e. The molecule has 1 saturated heterocycles. The van der Waals surface area contributed by atoms with Crippen molar-refractivity contribution >= 4 is 22.4 Å². The third kappa shape index (κ3) is 1.99. The summed E-state index contributed by atoms with van der Waals surface area (Å²) >= 11 is 0. The second kappa shape index (κ2) is 4.46. The molecule has 0 spiro atoms. The van der Waals surface area contributed by atoms with E-state index in [0.29, 0.717) is 5.82 Å². The lowest BCUT2D eigenvalue weighted by Gasteiger charge is -2.34. The highest BCUT2D eigenvalue weighted by atomic mass is 15.2. The van der Waals surface area contributed by atoms with E-state index in [9.17, 15) is 0 Å². The molecule has 0 aliphatic carbocycles. The molecular formula is C14H18N4. The number of hydrogen-bond acceptors (Lipinski definition) is 4. The Hall–Kier alpha value is -1.81. The molecule has 0 atom stereocenters. The van der Waals surface area contributed by atoms with Crippen molar-refractivity contribution < 1.29 is 0 Å². The molecule has 1 aromatic heterocycles. The number of likely N-dealkylation sites (N-methyl/N-ethyl adjacent to an activating group) is 1. The first-order chi connectivity index (χ1) is 8.74. The van der Waals surface area contributed by atoms with Gasteiger partial charge in [0.2, 0.25) is 0 Å². The summed E-state index contributed by atoms with van der Waals surface area (Å²) in [5.74, 6) is 0.600. The van der Waals surface area contributed by atoms with E-state index < -0.39 is 0 Å². The molecule has 0 bridgehead atoms. The number of hydrogen-bond donors (Lipinski definition) is 1. The van der Waals surface area contributed by atoms with Crippen LogP contribution >= 0.6 is 0 Å². The number of nitrogens with two attached hydrogens (primary N) is 1. The number of nitrogen functional groups attached to an aromatic ring is 1. The highest BCUT2D eigenvalue weighted by Crippen LogP contribution is 2.28. The van der Waals surface area contributed by atoms with Crippen LogP contribution in [0.25, 0.3) is 10.9 Å². The van der Waals surface area contributed by atoms with Crippen molar-refractivity contribution in [1.82, 2.24) is 9.88 Å². The van der Waals surface area contributed by atoms with Gasteiger partial charge in [-0.3, -0.25) is 0 Å². The molecular weight excluding hydrogens is 224 g/mol. The van der Waals surface area contributed by atoms with Gasteiger partial charge in [-0.1, -0.05) is 18.2 Å². The van der Waals surface area contributed by atoms with Gasteiger partial charge in [0.25, 0.3) is 0 Å². The summed E-state index contributed by atoms with van der Waals surface area (Å²) in [5.41, 5.74) is 8.10. The van der Waals surface area contributed by atoms with Crippen molar-refractivity contribution in [3.8, 4) is 0 Å². The van der Waals surface area contributed by atoms with Crippen molar-refractivity contribution in [2.45, 2.75) is 0 Å². The zero-order chi connectivity index (χ0) is 12.5. The van der Waals surface area contributed by atoms with Crippen LogP contribution in [0.15, 0.2) is 30.3 Å². The van der Waals surface area contributed by atoms with Crippen LogP contribution in [-0.4, -0.2) is 43.1 Å². The number of nitrogens with zero attached hydrogens (tertiary/aromatic N) is 3. The van der Waals surface area contributed by atoms with Gasteiger partial charge in [0.15, 0.2) is 0 Å². The fraction of sp³-hybridized carbons (Fsp3) is 0.357. The Balaban J connectivity index is 2.05. The number of anilines is 2. The summed E-state index contributed by atoms with van der Waals surface area (Å²) in [6.45, 7) is 4.28. The standard InChI is InChI=1S/C14H18N4/c1-17-6-8-18(9-7-17)13-10-14(15)16-12-5-3-2-4-11(12)13/h2-5,10H,6-9H2,1H3,(H2,15,16). The highest BCUT2D eigenvalue weighted by Gasteiger charge is 2.16. The first-order valence-corrected chi connectivity index (χ1v) is 6.33. The van der Waals surface area contributed by atoms with Gasteiger partial charge in [-0.25, -0.2) is 4.98 Å². The molecule has 0 unspecified atom stereocenters. The van der Waals surface area contributed by atoms with Gasteiger partial charge in [-0.15, -0.1) is 0 Å². The van der Waals surface area contributed by atoms with Gasteiger partial charge in [0.05, 0.1) is 5.52 Å². The van der Waals surface area contributed by atoms with Crippen molar-refractivity contribution in [2.24, 2.45) is 0 Å². The third-order valence-corrected chi connectivity index (χ3v) is 3.56. The van der Waals surface area contributed by atoms with Crippen LogP contribution < -0.4 is 10.6 Å². The number of benzene rings is 1. The maximum atomic E-state index is 5.91. The Morgan fingerprint density at radius 3 is 2.61 bits per heavy atom. The second-order valence-corrected chi connectivity index (χ2v) is 4.87. The van der Waals surface area contributed by atoms with E-state index in [4.69, 9.17) is 5.73 Å². The Kier molecular flexibility index (Phi) is 2.80. The summed E-state index contributed by atoms with van der Waals surface area (Å²) < 4.78 is 0. The van der Waals surface area contributed by atoms with E-state index in [-0.39, 0.29) is 0 Å². The van der Waals surface area contributed by atoms with Crippen LogP contribution in [0.2, 0.25) is 0 Å². The average Bonchev–Trinajstić information content (AvgIpc) is 2.38. The van der Waals surface area contributed by atoms with Crippen molar-refractivity contribution in [3.63, 3.8) is 0 Å². The lowest BCUT2D eigenvalue weighted by atomic mass is 10.1. The van der Waals surface area contributed by atoms with E-state index in [0.717, 1.165) is 31.7 Å². The van der Waals surface area contributed by atoms with Crippen LogP contribution in [0.3, 0.4) is 0 Å². The molecule has 3 rings (SSSR count). The summed E-state index contributed by atoms with van der Waals surface area (Å²) in [4.78, 5) is 9.14. The maximum absolute atomic E-state index is 5.91. The van der Waals surface area contributed by atoms with Gasteiger partial charge >= 0.3 is 0 Å². The molecule has 1 fully saturated rings. The first kappa shape index (κ1) is 11.3. The minimum Gasteiger partial charge on any atom is -0.384 e. The van der Waals surface area contributed by atoms with Crippen LogP contribution in [0, 0.1) is 0 Å². The topological polar surface area (TPSA) is 45.4 Å². The van der Waals surface area contributed by atoms with E-state index in [1.54, 1.807) is 0 Å². The molecule has 0 radical (unpaired) electrons. The largest absolute Gasteiger partial charge is 0.384 e.